The molecular weight excluding hydrogens is 215 g/mol. The van der Waals surface area contributed by atoms with E-state index in [2.05, 4.69) is 7.28 Å². The Labute approximate surface area is 116 Å². The fourth-order valence-electron chi connectivity index (χ4n) is 4.06. The van der Waals surface area contributed by atoms with Gasteiger partial charge in [-0.1, -0.05) is 96.1 Å². The Morgan fingerprint density at radius 1 is 0.500 bits per heavy atom. The van der Waals surface area contributed by atoms with Crippen molar-refractivity contribution >= 4 is 7.28 Å². The smallest absolute Gasteiger partial charge is 0.0803 e. The van der Waals surface area contributed by atoms with E-state index in [0.717, 1.165) is 11.8 Å². The van der Waals surface area contributed by atoms with Gasteiger partial charge in [0.25, 0.3) is 0 Å². The summed E-state index contributed by atoms with van der Waals surface area (Å²) in [4.78, 5) is 0. The average Bonchev–Trinajstić information content (AvgIpc) is 2.61. The Morgan fingerprint density at radius 3 is 1.67 bits per heavy atom. The van der Waals surface area contributed by atoms with E-state index in [1.165, 1.54) is 83.3 Å². The van der Waals surface area contributed by atoms with E-state index in [1.807, 2.05) is 0 Å². The van der Waals surface area contributed by atoms with Crippen LogP contribution in [0.25, 0.3) is 0 Å². The van der Waals surface area contributed by atoms with Crippen LogP contribution in [0.3, 0.4) is 0 Å². The SMILES string of the molecule is [B]1CCCCCCC(C2CCCCCCCC2)C1. The first-order chi connectivity index (χ1) is 8.97. The molecule has 0 nitrogen and oxygen atoms in total. The number of hydrogen-bond donors (Lipinski definition) is 0. The molecule has 1 heteroatoms. The van der Waals surface area contributed by atoms with Crippen molar-refractivity contribution in [1.29, 1.82) is 0 Å². The van der Waals surface area contributed by atoms with Gasteiger partial charge in [0.15, 0.2) is 0 Å². The summed E-state index contributed by atoms with van der Waals surface area (Å²) >= 11 is 0. The zero-order chi connectivity index (χ0) is 12.5. The van der Waals surface area contributed by atoms with Crippen LogP contribution >= 0.6 is 0 Å². The van der Waals surface area contributed by atoms with Crippen molar-refractivity contribution in [1.82, 2.24) is 0 Å². The Balaban J connectivity index is 1.83. The van der Waals surface area contributed by atoms with Gasteiger partial charge >= 0.3 is 0 Å². The third kappa shape index (κ3) is 5.37. The maximum absolute atomic E-state index is 2.63. The summed E-state index contributed by atoms with van der Waals surface area (Å²) in [5, 5.41) is 0. The lowest BCUT2D eigenvalue weighted by Gasteiger charge is -2.27. The lowest BCUT2D eigenvalue weighted by molar-refractivity contribution is 0.283. The van der Waals surface area contributed by atoms with Crippen LogP contribution < -0.4 is 0 Å². The van der Waals surface area contributed by atoms with E-state index < -0.39 is 0 Å². The van der Waals surface area contributed by atoms with Gasteiger partial charge in [-0.25, -0.2) is 0 Å². The monoisotopic (exact) mass is 247 g/mol. The maximum atomic E-state index is 2.63. The van der Waals surface area contributed by atoms with Gasteiger partial charge in [0, 0.05) is 0 Å². The minimum absolute atomic E-state index is 1.04. The first-order valence-corrected chi connectivity index (χ1v) is 8.78. The average molecular weight is 247 g/mol. The quantitative estimate of drug-likeness (QED) is 0.509. The van der Waals surface area contributed by atoms with Gasteiger partial charge in [0.2, 0.25) is 0 Å². The lowest BCUT2D eigenvalue weighted by Crippen LogP contribution is -2.16. The first kappa shape index (κ1) is 14.5. The number of rotatable bonds is 1. The molecule has 18 heavy (non-hydrogen) atoms. The van der Waals surface area contributed by atoms with Crippen LogP contribution in [-0.4, -0.2) is 7.28 Å². The summed E-state index contributed by atoms with van der Waals surface area (Å²) < 4.78 is 0. The molecule has 1 saturated carbocycles. The summed E-state index contributed by atoms with van der Waals surface area (Å²) in [5.41, 5.74) is 0. The van der Waals surface area contributed by atoms with Crippen molar-refractivity contribution in [2.24, 2.45) is 11.8 Å². The van der Waals surface area contributed by atoms with Crippen molar-refractivity contribution in [3.8, 4) is 0 Å². The van der Waals surface area contributed by atoms with Gasteiger partial charge in [0.1, 0.15) is 7.28 Å². The van der Waals surface area contributed by atoms with E-state index in [1.54, 1.807) is 12.8 Å². The van der Waals surface area contributed by atoms with Crippen molar-refractivity contribution < 1.29 is 0 Å². The highest BCUT2D eigenvalue weighted by atomic mass is 14.2. The van der Waals surface area contributed by atoms with Gasteiger partial charge < -0.3 is 0 Å². The Morgan fingerprint density at radius 2 is 1.00 bits per heavy atom. The second-order valence-electron chi connectivity index (χ2n) is 6.73. The van der Waals surface area contributed by atoms with E-state index in [4.69, 9.17) is 0 Å². The predicted octanol–water partition coefficient (Wildman–Crippen LogP) is 5.86. The molecule has 1 heterocycles. The van der Waals surface area contributed by atoms with Crippen LogP contribution in [0.15, 0.2) is 0 Å². The fourth-order valence-corrected chi connectivity index (χ4v) is 4.06. The fraction of sp³-hybridized carbons (Fsp3) is 1.00. The Kier molecular flexibility index (Phi) is 7.27. The lowest BCUT2D eigenvalue weighted by atomic mass is 9.62. The topological polar surface area (TPSA) is 0 Å². The van der Waals surface area contributed by atoms with Crippen LogP contribution in [0, 0.1) is 11.8 Å². The van der Waals surface area contributed by atoms with E-state index in [-0.39, 0.29) is 0 Å². The normalized spacial score (nSPS) is 29.9. The van der Waals surface area contributed by atoms with Crippen LogP contribution in [0.4, 0.5) is 0 Å². The summed E-state index contributed by atoms with van der Waals surface area (Å²) in [6, 6.07) is 0. The molecule has 2 aliphatic rings. The molecule has 2 fully saturated rings. The zero-order valence-electron chi connectivity index (χ0n) is 12.3. The summed E-state index contributed by atoms with van der Waals surface area (Å²) in [7, 11) is 2.63. The highest BCUT2D eigenvalue weighted by molar-refractivity contribution is 6.35. The summed E-state index contributed by atoms with van der Waals surface area (Å²) in [6.45, 7) is 0. The summed E-state index contributed by atoms with van der Waals surface area (Å²) in [6.07, 6.45) is 22.4. The summed E-state index contributed by atoms with van der Waals surface area (Å²) in [5.74, 6) is 2.11. The highest BCUT2D eigenvalue weighted by Crippen LogP contribution is 2.34. The minimum atomic E-state index is 1.04. The zero-order valence-corrected chi connectivity index (χ0v) is 12.3. The third-order valence-electron chi connectivity index (χ3n) is 5.27. The van der Waals surface area contributed by atoms with Gasteiger partial charge in [-0.2, -0.15) is 0 Å². The maximum Gasteiger partial charge on any atom is 0.109 e. The van der Waals surface area contributed by atoms with Gasteiger partial charge in [0.05, 0.1) is 0 Å². The van der Waals surface area contributed by atoms with Crippen molar-refractivity contribution in [3.63, 3.8) is 0 Å². The highest BCUT2D eigenvalue weighted by Gasteiger charge is 2.21. The second-order valence-corrected chi connectivity index (χ2v) is 6.73. The molecule has 1 unspecified atom stereocenters. The Hall–Kier alpha value is 0.0649. The van der Waals surface area contributed by atoms with Gasteiger partial charge in [-0.05, 0) is 11.8 Å². The standard InChI is InChI=1S/C17H32B/c1-2-4-8-12-16(11-7-3-1)17-13-9-5-6-10-14-18-15-17/h16-17H,1-15H2. The van der Waals surface area contributed by atoms with Crippen LogP contribution in [0.5, 0.6) is 0 Å². The first-order valence-electron chi connectivity index (χ1n) is 8.78. The van der Waals surface area contributed by atoms with E-state index in [9.17, 15) is 0 Å². The molecule has 1 aliphatic heterocycles. The third-order valence-corrected chi connectivity index (χ3v) is 5.27. The molecule has 0 bridgehead atoms. The molecule has 0 aromatic carbocycles. The molecule has 0 amide bonds. The molecule has 1 radical (unpaired) electrons. The van der Waals surface area contributed by atoms with Crippen molar-refractivity contribution in [2.45, 2.75) is 96.1 Å². The van der Waals surface area contributed by atoms with Crippen molar-refractivity contribution in [3.05, 3.63) is 0 Å². The molecule has 1 saturated heterocycles. The van der Waals surface area contributed by atoms with Crippen molar-refractivity contribution in [2.75, 3.05) is 0 Å². The number of hydrogen-bond acceptors (Lipinski definition) is 0. The molecule has 0 aromatic heterocycles. The molecule has 0 N–H and O–H groups in total. The molecule has 103 valence electrons. The second kappa shape index (κ2) is 9.05. The predicted molar refractivity (Wildman–Crippen MR) is 82.4 cm³/mol. The largest absolute Gasteiger partial charge is 0.109 e. The molecule has 1 aliphatic carbocycles. The molecule has 1 atom stereocenters. The molecule has 0 spiro atoms. The Bertz CT molecular complexity index is 160. The van der Waals surface area contributed by atoms with Crippen LogP contribution in [-0.2, 0) is 0 Å². The van der Waals surface area contributed by atoms with Crippen LogP contribution in [0.1, 0.15) is 83.5 Å². The van der Waals surface area contributed by atoms with Crippen LogP contribution in [0.2, 0.25) is 12.6 Å². The molecule has 2 rings (SSSR count). The molecular formula is C17H32B. The van der Waals surface area contributed by atoms with Gasteiger partial charge in [-0.15, -0.1) is 0 Å². The van der Waals surface area contributed by atoms with E-state index in [0.29, 0.717) is 0 Å². The van der Waals surface area contributed by atoms with E-state index >= 15 is 0 Å². The van der Waals surface area contributed by atoms with Gasteiger partial charge in [-0.3, -0.25) is 0 Å². The molecule has 0 aromatic rings. The minimum Gasteiger partial charge on any atom is -0.0803 e.